The summed E-state index contributed by atoms with van der Waals surface area (Å²) < 4.78 is 0. The van der Waals surface area contributed by atoms with Crippen LogP contribution in [0.2, 0.25) is 10.0 Å². The quantitative estimate of drug-likeness (QED) is 0.877. The lowest BCUT2D eigenvalue weighted by Gasteiger charge is -2.17. The molecule has 0 aliphatic carbocycles. The van der Waals surface area contributed by atoms with Gasteiger partial charge in [0.25, 0.3) is 0 Å². The van der Waals surface area contributed by atoms with Crippen molar-refractivity contribution in [3.05, 3.63) is 50.4 Å². The molecule has 2 rings (SSSR count). The molecule has 0 bridgehead atoms. The van der Waals surface area contributed by atoms with Crippen LogP contribution < -0.4 is 5.32 Å². The number of hydrogen-bond donors (Lipinski definition) is 1. The molecule has 1 unspecified atom stereocenters. The van der Waals surface area contributed by atoms with Crippen molar-refractivity contribution < 1.29 is 0 Å². The smallest absolute Gasteiger partial charge is 0.114 e. The van der Waals surface area contributed by atoms with E-state index in [0.29, 0.717) is 10.0 Å². The molecule has 0 amide bonds. The van der Waals surface area contributed by atoms with Crippen LogP contribution in [0.5, 0.6) is 0 Å². The molecule has 0 saturated carbocycles. The normalized spacial score (nSPS) is 12.6. The summed E-state index contributed by atoms with van der Waals surface area (Å²) in [6, 6.07) is 5.66. The third-order valence-corrected chi connectivity index (χ3v) is 3.79. The molecule has 18 heavy (non-hydrogen) atoms. The van der Waals surface area contributed by atoms with E-state index in [1.165, 1.54) is 0 Å². The monoisotopic (exact) mass is 300 g/mol. The molecule has 1 atom stereocenters. The number of nitrogens with one attached hydrogen (secondary N) is 1. The molecule has 96 valence electrons. The number of aromatic nitrogens is 1. The maximum atomic E-state index is 6.06. The van der Waals surface area contributed by atoms with Crippen molar-refractivity contribution in [2.24, 2.45) is 0 Å². The summed E-state index contributed by atoms with van der Waals surface area (Å²) in [5.41, 5.74) is 1.05. The topological polar surface area (TPSA) is 24.9 Å². The summed E-state index contributed by atoms with van der Waals surface area (Å²) in [7, 11) is 0. The standard InChI is InChI=1S/C13H14Cl2N2S/c1-2-3-16-12(13-17-4-5-18-13)9-6-10(14)8-11(15)7-9/h4-8,12,16H,2-3H2,1H3. The van der Waals surface area contributed by atoms with Gasteiger partial charge in [-0.1, -0.05) is 30.1 Å². The fraction of sp³-hybridized carbons (Fsp3) is 0.308. The van der Waals surface area contributed by atoms with Crippen molar-refractivity contribution in [1.82, 2.24) is 10.3 Å². The predicted molar refractivity (Wildman–Crippen MR) is 78.7 cm³/mol. The Morgan fingerprint density at radius 3 is 2.56 bits per heavy atom. The molecule has 2 aromatic rings. The third-order valence-electron chi connectivity index (χ3n) is 2.52. The van der Waals surface area contributed by atoms with E-state index >= 15 is 0 Å². The summed E-state index contributed by atoms with van der Waals surface area (Å²) >= 11 is 13.7. The summed E-state index contributed by atoms with van der Waals surface area (Å²) in [6.07, 6.45) is 2.88. The number of nitrogens with zero attached hydrogens (tertiary/aromatic N) is 1. The molecular weight excluding hydrogens is 287 g/mol. The minimum absolute atomic E-state index is 0.0566. The first kappa shape index (κ1) is 13.8. The maximum absolute atomic E-state index is 6.06. The Bertz CT molecular complexity index is 479. The van der Waals surface area contributed by atoms with Crippen molar-refractivity contribution >= 4 is 34.5 Å². The van der Waals surface area contributed by atoms with Gasteiger partial charge in [0.05, 0.1) is 6.04 Å². The van der Waals surface area contributed by atoms with E-state index in [-0.39, 0.29) is 6.04 Å². The lowest BCUT2D eigenvalue weighted by Crippen LogP contribution is -2.23. The van der Waals surface area contributed by atoms with Crippen molar-refractivity contribution in [2.45, 2.75) is 19.4 Å². The van der Waals surface area contributed by atoms with Gasteiger partial charge in [0.15, 0.2) is 0 Å². The van der Waals surface area contributed by atoms with E-state index < -0.39 is 0 Å². The van der Waals surface area contributed by atoms with E-state index in [1.54, 1.807) is 17.4 Å². The molecule has 0 aliphatic rings. The van der Waals surface area contributed by atoms with Gasteiger partial charge in [-0.15, -0.1) is 11.3 Å². The molecule has 2 nitrogen and oxygen atoms in total. The Balaban J connectivity index is 2.33. The highest BCUT2D eigenvalue weighted by Crippen LogP contribution is 2.28. The number of rotatable bonds is 5. The summed E-state index contributed by atoms with van der Waals surface area (Å²) in [5, 5.41) is 7.78. The van der Waals surface area contributed by atoms with E-state index in [9.17, 15) is 0 Å². The molecule has 0 radical (unpaired) electrons. The van der Waals surface area contributed by atoms with Crippen LogP contribution in [-0.2, 0) is 0 Å². The first-order chi connectivity index (χ1) is 8.70. The van der Waals surface area contributed by atoms with Crippen LogP contribution in [0.4, 0.5) is 0 Å². The van der Waals surface area contributed by atoms with Crippen LogP contribution in [0, 0.1) is 0 Å². The molecular formula is C13H14Cl2N2S. The van der Waals surface area contributed by atoms with Gasteiger partial charge in [0.1, 0.15) is 5.01 Å². The average Bonchev–Trinajstić information content (AvgIpc) is 2.82. The summed E-state index contributed by atoms with van der Waals surface area (Å²) in [5.74, 6) is 0. The second-order valence-electron chi connectivity index (χ2n) is 3.96. The Labute approximate surface area is 121 Å². The first-order valence-electron chi connectivity index (χ1n) is 5.79. The molecule has 1 heterocycles. The predicted octanol–water partition coefficient (Wildman–Crippen LogP) is 4.54. The van der Waals surface area contributed by atoms with Gasteiger partial charge < -0.3 is 5.32 Å². The zero-order valence-electron chi connectivity index (χ0n) is 9.99. The second kappa shape index (κ2) is 6.53. The van der Waals surface area contributed by atoms with Crippen LogP contribution in [0.1, 0.15) is 30.0 Å². The number of benzene rings is 1. The van der Waals surface area contributed by atoms with E-state index in [2.05, 4.69) is 17.2 Å². The van der Waals surface area contributed by atoms with Gasteiger partial charge in [0, 0.05) is 21.6 Å². The highest BCUT2D eigenvalue weighted by Gasteiger charge is 2.16. The fourth-order valence-electron chi connectivity index (χ4n) is 1.76. The Morgan fingerprint density at radius 1 is 1.28 bits per heavy atom. The Kier molecular flexibility index (Phi) is 5.01. The molecule has 0 fully saturated rings. The molecule has 0 aliphatic heterocycles. The van der Waals surface area contributed by atoms with E-state index in [0.717, 1.165) is 23.5 Å². The first-order valence-corrected chi connectivity index (χ1v) is 7.43. The van der Waals surface area contributed by atoms with Crippen molar-refractivity contribution in [3.63, 3.8) is 0 Å². The van der Waals surface area contributed by atoms with Gasteiger partial charge in [0.2, 0.25) is 0 Å². The minimum Gasteiger partial charge on any atom is -0.304 e. The average molecular weight is 301 g/mol. The third kappa shape index (κ3) is 3.45. The maximum Gasteiger partial charge on any atom is 0.114 e. The van der Waals surface area contributed by atoms with Gasteiger partial charge >= 0.3 is 0 Å². The zero-order valence-corrected chi connectivity index (χ0v) is 12.3. The lowest BCUT2D eigenvalue weighted by molar-refractivity contribution is 0.596. The van der Waals surface area contributed by atoms with Crippen LogP contribution >= 0.6 is 34.5 Å². The molecule has 1 aromatic heterocycles. The van der Waals surface area contributed by atoms with Crippen LogP contribution in [0.15, 0.2) is 29.8 Å². The van der Waals surface area contributed by atoms with Crippen LogP contribution in [0.3, 0.4) is 0 Å². The van der Waals surface area contributed by atoms with Gasteiger partial charge in [-0.2, -0.15) is 0 Å². The molecule has 1 aromatic carbocycles. The van der Waals surface area contributed by atoms with E-state index in [4.69, 9.17) is 23.2 Å². The molecule has 0 saturated heterocycles. The summed E-state index contributed by atoms with van der Waals surface area (Å²) in [4.78, 5) is 4.38. The Morgan fingerprint density at radius 2 is 2.00 bits per heavy atom. The minimum atomic E-state index is 0.0566. The highest BCUT2D eigenvalue weighted by atomic mass is 35.5. The van der Waals surface area contributed by atoms with Crippen molar-refractivity contribution in [1.29, 1.82) is 0 Å². The molecule has 1 N–H and O–H groups in total. The van der Waals surface area contributed by atoms with E-state index in [1.807, 2.05) is 23.7 Å². The zero-order chi connectivity index (χ0) is 13.0. The van der Waals surface area contributed by atoms with Gasteiger partial charge in [-0.3, -0.25) is 0 Å². The van der Waals surface area contributed by atoms with Crippen LogP contribution in [-0.4, -0.2) is 11.5 Å². The molecule has 5 heteroatoms. The van der Waals surface area contributed by atoms with Crippen molar-refractivity contribution in [3.8, 4) is 0 Å². The van der Waals surface area contributed by atoms with Crippen molar-refractivity contribution in [2.75, 3.05) is 6.54 Å². The number of thiazole rings is 1. The Hall–Kier alpha value is -0.610. The highest BCUT2D eigenvalue weighted by molar-refractivity contribution is 7.09. The number of halogens is 2. The van der Waals surface area contributed by atoms with Gasteiger partial charge in [-0.25, -0.2) is 4.98 Å². The molecule has 0 spiro atoms. The SMILES string of the molecule is CCCNC(c1cc(Cl)cc(Cl)c1)c1nccs1. The fourth-order valence-corrected chi connectivity index (χ4v) is 3.04. The number of hydrogen-bond acceptors (Lipinski definition) is 3. The lowest BCUT2D eigenvalue weighted by atomic mass is 10.1. The summed E-state index contributed by atoms with van der Waals surface area (Å²) in [6.45, 7) is 3.06. The van der Waals surface area contributed by atoms with Gasteiger partial charge in [-0.05, 0) is 36.7 Å². The largest absolute Gasteiger partial charge is 0.304 e. The second-order valence-corrected chi connectivity index (χ2v) is 5.76. The van der Waals surface area contributed by atoms with Crippen LogP contribution in [0.25, 0.3) is 0 Å².